The minimum Gasteiger partial charge on any atom is -0.341 e. The molecule has 1 atom stereocenters. The van der Waals surface area contributed by atoms with Crippen molar-refractivity contribution >= 4 is 12.2 Å². The van der Waals surface area contributed by atoms with Crippen LogP contribution in [-0.2, 0) is 9.59 Å². The number of aldehydes is 1. The molecule has 0 fully saturated rings. The van der Waals surface area contributed by atoms with E-state index in [9.17, 15) is 9.59 Å². The molecule has 0 aromatic heterocycles. The second-order valence-electron chi connectivity index (χ2n) is 4.72. The lowest BCUT2D eigenvalue weighted by Crippen LogP contribution is -2.33. The molecule has 0 N–H and O–H groups in total. The molecule has 102 valence electrons. The maximum absolute atomic E-state index is 12.0. The van der Waals surface area contributed by atoms with Gasteiger partial charge in [-0.05, 0) is 12.3 Å². The molecule has 0 aromatic carbocycles. The Bertz CT molecular complexity index is 320. The molecule has 0 heterocycles. The van der Waals surface area contributed by atoms with Crippen LogP contribution in [0.25, 0.3) is 0 Å². The number of amides is 1. The molecule has 0 aliphatic heterocycles. The maximum atomic E-state index is 12.0. The second-order valence-corrected chi connectivity index (χ2v) is 4.72. The Morgan fingerprint density at radius 1 is 1.33 bits per heavy atom. The highest BCUT2D eigenvalue weighted by molar-refractivity contribution is 6.03. The Morgan fingerprint density at radius 3 is 2.39 bits per heavy atom. The van der Waals surface area contributed by atoms with E-state index in [-0.39, 0.29) is 17.1 Å². The van der Waals surface area contributed by atoms with E-state index in [1.807, 2.05) is 0 Å². The number of nitrogens with zero attached hydrogens (tertiary/aromatic N) is 1. The third-order valence-electron chi connectivity index (χ3n) is 3.21. The highest BCUT2D eigenvalue weighted by Gasteiger charge is 2.18. The molecule has 0 aliphatic carbocycles. The monoisotopic (exact) mass is 251 g/mol. The fraction of sp³-hybridized carbons (Fsp3) is 0.600. The smallest absolute Gasteiger partial charge is 0.253 e. The van der Waals surface area contributed by atoms with Crippen molar-refractivity contribution in [1.29, 1.82) is 0 Å². The summed E-state index contributed by atoms with van der Waals surface area (Å²) in [6.07, 6.45) is 5.11. The van der Waals surface area contributed by atoms with E-state index in [0.29, 0.717) is 18.7 Å². The first-order chi connectivity index (χ1) is 8.47. The van der Waals surface area contributed by atoms with Crippen molar-refractivity contribution in [2.75, 3.05) is 13.6 Å². The average Bonchev–Trinajstić information content (AvgIpc) is 2.40. The standard InChI is InChI=1S/C15H25NO2/c1-6-8-9-14(7-2)10-16(5)15(18)13(4)12(3)11-17/h11,14H,3-4,6-10H2,1-2,5H3. The minimum absolute atomic E-state index is 0.161. The summed E-state index contributed by atoms with van der Waals surface area (Å²) in [4.78, 5) is 24.2. The molecule has 0 saturated heterocycles. The van der Waals surface area contributed by atoms with Gasteiger partial charge in [0.15, 0.2) is 0 Å². The number of hydrogen-bond donors (Lipinski definition) is 0. The lowest BCUT2D eigenvalue weighted by atomic mass is 9.98. The highest BCUT2D eigenvalue weighted by atomic mass is 16.2. The van der Waals surface area contributed by atoms with Crippen LogP contribution < -0.4 is 0 Å². The van der Waals surface area contributed by atoms with Crippen LogP contribution in [0.15, 0.2) is 24.3 Å². The van der Waals surface area contributed by atoms with E-state index in [1.54, 1.807) is 11.9 Å². The van der Waals surface area contributed by atoms with E-state index in [2.05, 4.69) is 27.0 Å². The van der Waals surface area contributed by atoms with Gasteiger partial charge in [-0.15, -0.1) is 0 Å². The summed E-state index contributed by atoms with van der Waals surface area (Å²) in [7, 11) is 1.75. The van der Waals surface area contributed by atoms with Gasteiger partial charge in [0.05, 0.1) is 0 Å². The normalized spacial score (nSPS) is 11.7. The molecule has 1 unspecified atom stereocenters. The SMILES string of the molecule is C=C(C=O)C(=C)C(=O)N(C)CC(CC)CCCC. The van der Waals surface area contributed by atoms with Gasteiger partial charge in [-0.25, -0.2) is 0 Å². The summed E-state index contributed by atoms with van der Waals surface area (Å²) < 4.78 is 0. The van der Waals surface area contributed by atoms with Gasteiger partial charge >= 0.3 is 0 Å². The van der Waals surface area contributed by atoms with Gasteiger partial charge in [0.25, 0.3) is 5.91 Å². The highest BCUT2D eigenvalue weighted by Crippen LogP contribution is 2.15. The minimum atomic E-state index is -0.206. The summed E-state index contributed by atoms with van der Waals surface area (Å²) >= 11 is 0. The molecule has 0 saturated carbocycles. The predicted molar refractivity (Wildman–Crippen MR) is 75.3 cm³/mol. The van der Waals surface area contributed by atoms with Crippen LogP contribution in [0.3, 0.4) is 0 Å². The zero-order valence-corrected chi connectivity index (χ0v) is 11.9. The van der Waals surface area contributed by atoms with Gasteiger partial charge in [0.2, 0.25) is 0 Å². The van der Waals surface area contributed by atoms with E-state index in [1.165, 1.54) is 12.8 Å². The summed E-state index contributed by atoms with van der Waals surface area (Å²) in [5.74, 6) is 0.304. The first-order valence-electron chi connectivity index (χ1n) is 6.56. The Morgan fingerprint density at radius 2 is 1.94 bits per heavy atom. The summed E-state index contributed by atoms with van der Waals surface area (Å²) in [5.41, 5.74) is 0.353. The molecule has 0 radical (unpaired) electrons. The van der Waals surface area contributed by atoms with Crippen LogP contribution >= 0.6 is 0 Å². The number of unbranched alkanes of at least 4 members (excludes halogenated alkanes) is 1. The molecular weight excluding hydrogens is 226 g/mol. The maximum Gasteiger partial charge on any atom is 0.253 e. The lowest BCUT2D eigenvalue weighted by molar-refractivity contribution is -0.126. The lowest BCUT2D eigenvalue weighted by Gasteiger charge is -2.24. The summed E-state index contributed by atoms with van der Waals surface area (Å²) in [5, 5.41) is 0. The molecule has 3 heteroatoms. The van der Waals surface area contributed by atoms with Crippen molar-refractivity contribution in [2.24, 2.45) is 5.92 Å². The van der Waals surface area contributed by atoms with Gasteiger partial charge in [-0.1, -0.05) is 46.3 Å². The first kappa shape index (κ1) is 16.6. The molecule has 18 heavy (non-hydrogen) atoms. The van der Waals surface area contributed by atoms with Crippen molar-refractivity contribution in [3.8, 4) is 0 Å². The van der Waals surface area contributed by atoms with Gasteiger partial charge in [-0.3, -0.25) is 9.59 Å². The molecular formula is C15H25NO2. The van der Waals surface area contributed by atoms with Crippen molar-refractivity contribution in [3.63, 3.8) is 0 Å². The number of carbonyl (C=O) groups is 2. The average molecular weight is 251 g/mol. The molecule has 0 bridgehead atoms. The van der Waals surface area contributed by atoms with E-state index in [0.717, 1.165) is 12.8 Å². The summed E-state index contributed by atoms with van der Waals surface area (Å²) in [6, 6.07) is 0. The number of likely N-dealkylation sites (N-methyl/N-ethyl adjacent to an activating group) is 1. The molecule has 0 aromatic rings. The van der Waals surface area contributed by atoms with Crippen molar-refractivity contribution in [1.82, 2.24) is 4.90 Å². The van der Waals surface area contributed by atoms with Crippen LogP contribution in [0, 0.1) is 5.92 Å². The fourth-order valence-electron chi connectivity index (χ4n) is 1.83. The van der Waals surface area contributed by atoms with E-state index < -0.39 is 0 Å². The Kier molecular flexibility index (Phi) is 8.01. The Hall–Kier alpha value is -1.38. The predicted octanol–water partition coefficient (Wildman–Crippen LogP) is 2.97. The van der Waals surface area contributed by atoms with Crippen LogP contribution in [0.4, 0.5) is 0 Å². The number of hydrogen-bond acceptors (Lipinski definition) is 2. The Balaban J connectivity index is 4.41. The van der Waals surface area contributed by atoms with E-state index in [4.69, 9.17) is 0 Å². The van der Waals surface area contributed by atoms with Crippen LogP contribution in [0.1, 0.15) is 39.5 Å². The fourth-order valence-corrected chi connectivity index (χ4v) is 1.83. The van der Waals surface area contributed by atoms with E-state index >= 15 is 0 Å². The van der Waals surface area contributed by atoms with Crippen molar-refractivity contribution in [2.45, 2.75) is 39.5 Å². The number of rotatable bonds is 9. The third-order valence-corrected chi connectivity index (χ3v) is 3.21. The zero-order chi connectivity index (χ0) is 14.1. The molecule has 1 amide bonds. The van der Waals surface area contributed by atoms with Crippen LogP contribution in [-0.4, -0.2) is 30.7 Å². The second kappa shape index (κ2) is 8.67. The van der Waals surface area contributed by atoms with Crippen molar-refractivity contribution < 1.29 is 9.59 Å². The largest absolute Gasteiger partial charge is 0.341 e. The quantitative estimate of drug-likeness (QED) is 0.359. The van der Waals surface area contributed by atoms with Crippen LogP contribution in [0.5, 0.6) is 0 Å². The number of carbonyl (C=O) groups excluding carboxylic acids is 2. The van der Waals surface area contributed by atoms with Gasteiger partial charge in [0.1, 0.15) is 6.29 Å². The Labute approximate surface area is 111 Å². The summed E-state index contributed by atoms with van der Waals surface area (Å²) in [6.45, 7) is 12.1. The molecule has 0 spiro atoms. The van der Waals surface area contributed by atoms with Crippen molar-refractivity contribution in [3.05, 3.63) is 24.3 Å². The zero-order valence-electron chi connectivity index (χ0n) is 11.9. The topological polar surface area (TPSA) is 37.4 Å². The molecule has 0 aliphatic rings. The molecule has 3 nitrogen and oxygen atoms in total. The van der Waals surface area contributed by atoms with Gasteiger partial charge in [0, 0.05) is 24.7 Å². The van der Waals surface area contributed by atoms with Gasteiger partial charge in [-0.2, -0.15) is 0 Å². The van der Waals surface area contributed by atoms with Crippen LogP contribution in [0.2, 0.25) is 0 Å². The van der Waals surface area contributed by atoms with Gasteiger partial charge < -0.3 is 4.90 Å². The molecule has 0 rings (SSSR count). The third kappa shape index (κ3) is 5.30. The first-order valence-corrected chi connectivity index (χ1v) is 6.56.